The van der Waals surface area contributed by atoms with Gasteiger partial charge in [0.2, 0.25) is 0 Å². The molecule has 0 fully saturated rings. The normalized spacial score (nSPS) is 10.6. The molecule has 0 aliphatic heterocycles. The van der Waals surface area contributed by atoms with Gasteiger partial charge in [-0.2, -0.15) is 0 Å². The molecule has 0 bridgehead atoms. The van der Waals surface area contributed by atoms with Crippen LogP contribution in [0, 0.1) is 0 Å². The summed E-state index contributed by atoms with van der Waals surface area (Å²) in [6, 6.07) is 14.0. The summed E-state index contributed by atoms with van der Waals surface area (Å²) in [7, 11) is 2.93. The van der Waals surface area contributed by atoms with Crippen molar-refractivity contribution in [3.63, 3.8) is 0 Å². The van der Waals surface area contributed by atoms with Crippen LogP contribution in [0.5, 0.6) is 11.5 Å². The van der Waals surface area contributed by atoms with Crippen molar-refractivity contribution >= 4 is 17.6 Å². The molecule has 0 atom stereocenters. The van der Waals surface area contributed by atoms with E-state index in [0.717, 1.165) is 5.56 Å². The number of hydrogen-bond donors (Lipinski definition) is 1. The van der Waals surface area contributed by atoms with E-state index in [1.807, 2.05) is 24.3 Å². The van der Waals surface area contributed by atoms with E-state index in [4.69, 9.17) is 18.6 Å². The van der Waals surface area contributed by atoms with E-state index in [0.29, 0.717) is 17.4 Å². The van der Waals surface area contributed by atoms with Crippen LogP contribution < -0.4 is 14.8 Å². The Labute approximate surface area is 180 Å². The molecule has 0 spiro atoms. The van der Waals surface area contributed by atoms with Crippen molar-refractivity contribution in [1.82, 2.24) is 0 Å². The summed E-state index contributed by atoms with van der Waals surface area (Å²) in [6.07, 6.45) is 1.39. The van der Waals surface area contributed by atoms with Crippen LogP contribution in [0.25, 0.3) is 0 Å². The van der Waals surface area contributed by atoms with E-state index in [2.05, 4.69) is 19.2 Å². The van der Waals surface area contributed by atoms with Gasteiger partial charge >= 0.3 is 5.97 Å². The summed E-state index contributed by atoms with van der Waals surface area (Å²) in [6.45, 7) is 4.33. The third-order valence-electron chi connectivity index (χ3n) is 4.75. The molecule has 0 radical (unpaired) electrons. The zero-order valence-corrected chi connectivity index (χ0v) is 17.9. The van der Waals surface area contributed by atoms with Crippen LogP contribution in [0.2, 0.25) is 0 Å². The van der Waals surface area contributed by atoms with Crippen molar-refractivity contribution in [1.29, 1.82) is 0 Å². The fourth-order valence-electron chi connectivity index (χ4n) is 2.97. The lowest BCUT2D eigenvalue weighted by molar-refractivity contribution is 0.0473. The molecule has 1 N–H and O–H groups in total. The predicted molar refractivity (Wildman–Crippen MR) is 116 cm³/mol. The highest BCUT2D eigenvalue weighted by molar-refractivity contribution is 6.07. The molecule has 162 valence electrons. The molecule has 1 amide bonds. The van der Waals surface area contributed by atoms with Crippen LogP contribution >= 0.6 is 0 Å². The molecule has 0 aliphatic rings. The fraction of sp³-hybridized carbons (Fsp3) is 0.250. The highest BCUT2D eigenvalue weighted by Gasteiger charge is 2.21. The van der Waals surface area contributed by atoms with Gasteiger partial charge < -0.3 is 23.9 Å². The average molecular weight is 423 g/mol. The van der Waals surface area contributed by atoms with Crippen molar-refractivity contribution in [3.8, 4) is 11.5 Å². The lowest BCUT2D eigenvalue weighted by Crippen LogP contribution is -2.16. The quantitative estimate of drug-likeness (QED) is 0.512. The smallest absolute Gasteiger partial charge is 0.340 e. The number of carbonyl (C=O) groups excluding carboxylic acids is 2. The van der Waals surface area contributed by atoms with Gasteiger partial charge in [0.25, 0.3) is 5.91 Å². The van der Waals surface area contributed by atoms with Gasteiger partial charge in [-0.3, -0.25) is 4.79 Å². The van der Waals surface area contributed by atoms with Gasteiger partial charge in [-0.15, -0.1) is 0 Å². The van der Waals surface area contributed by atoms with Gasteiger partial charge in [-0.25, -0.2) is 4.79 Å². The Balaban J connectivity index is 1.83. The van der Waals surface area contributed by atoms with Gasteiger partial charge in [0.15, 0.2) is 17.3 Å². The Hall–Kier alpha value is -3.74. The molecule has 7 heteroatoms. The summed E-state index contributed by atoms with van der Waals surface area (Å²) in [5.41, 5.74) is 2.42. The van der Waals surface area contributed by atoms with Crippen molar-refractivity contribution in [2.24, 2.45) is 0 Å². The molecule has 0 saturated heterocycles. The zero-order chi connectivity index (χ0) is 22.4. The van der Waals surface area contributed by atoms with Gasteiger partial charge in [0.1, 0.15) is 6.61 Å². The predicted octanol–water partition coefficient (Wildman–Crippen LogP) is 5.03. The van der Waals surface area contributed by atoms with Crippen molar-refractivity contribution < 1.29 is 28.2 Å². The summed E-state index contributed by atoms with van der Waals surface area (Å²) in [5.74, 6) is 0.118. The first kappa shape index (κ1) is 22.0. The molecule has 0 unspecified atom stereocenters. The molecule has 0 aliphatic carbocycles. The van der Waals surface area contributed by atoms with Crippen LogP contribution in [-0.4, -0.2) is 26.1 Å². The van der Waals surface area contributed by atoms with E-state index in [9.17, 15) is 9.59 Å². The molecular weight excluding hydrogens is 398 g/mol. The molecule has 31 heavy (non-hydrogen) atoms. The molecule has 1 aromatic heterocycles. The number of esters is 1. The van der Waals surface area contributed by atoms with Crippen molar-refractivity contribution in [2.75, 3.05) is 19.5 Å². The van der Waals surface area contributed by atoms with E-state index >= 15 is 0 Å². The standard InChI is InChI=1S/C24H25NO6/c1-15(2)17-9-7-16(8-10-17)14-31-24(27)18-12-21(28-3)22(29-4)13-19(18)25-23(26)20-6-5-11-30-20/h5-13,15H,14H2,1-4H3,(H,25,26). The molecule has 3 aromatic rings. The maximum absolute atomic E-state index is 12.9. The van der Waals surface area contributed by atoms with Crippen LogP contribution in [0.4, 0.5) is 5.69 Å². The topological polar surface area (TPSA) is 87.0 Å². The summed E-state index contributed by atoms with van der Waals surface area (Å²) in [5, 5.41) is 2.67. The van der Waals surface area contributed by atoms with Gasteiger partial charge in [-0.05, 0) is 29.2 Å². The van der Waals surface area contributed by atoms with Gasteiger partial charge in [0.05, 0.1) is 31.7 Å². The lowest BCUT2D eigenvalue weighted by atomic mass is 10.0. The van der Waals surface area contributed by atoms with E-state index in [1.165, 1.54) is 44.2 Å². The van der Waals surface area contributed by atoms with Crippen LogP contribution in [-0.2, 0) is 11.3 Å². The maximum atomic E-state index is 12.9. The monoisotopic (exact) mass is 423 g/mol. The second kappa shape index (κ2) is 9.84. The van der Waals surface area contributed by atoms with Gasteiger partial charge in [-0.1, -0.05) is 38.1 Å². The molecular formula is C24H25NO6. The molecule has 3 rings (SSSR count). The molecule has 1 heterocycles. The summed E-state index contributed by atoms with van der Waals surface area (Å²) < 4.78 is 21.2. The van der Waals surface area contributed by atoms with Crippen molar-refractivity contribution in [2.45, 2.75) is 26.4 Å². The summed E-state index contributed by atoms with van der Waals surface area (Å²) >= 11 is 0. The summed E-state index contributed by atoms with van der Waals surface area (Å²) in [4.78, 5) is 25.3. The van der Waals surface area contributed by atoms with Crippen LogP contribution in [0.1, 0.15) is 51.8 Å². The SMILES string of the molecule is COc1cc(NC(=O)c2ccco2)c(C(=O)OCc2ccc(C(C)C)cc2)cc1OC. The lowest BCUT2D eigenvalue weighted by Gasteiger charge is -2.15. The average Bonchev–Trinajstić information content (AvgIpc) is 3.32. The van der Waals surface area contributed by atoms with E-state index < -0.39 is 11.9 Å². The first-order valence-electron chi connectivity index (χ1n) is 9.79. The number of furan rings is 1. The van der Waals surface area contributed by atoms with Gasteiger partial charge in [0, 0.05) is 12.1 Å². The Bertz CT molecular complexity index is 1040. The molecule has 2 aromatic carbocycles. The Morgan fingerprint density at radius 2 is 1.68 bits per heavy atom. The van der Waals surface area contributed by atoms with E-state index in [-0.39, 0.29) is 23.6 Å². The fourth-order valence-corrected chi connectivity index (χ4v) is 2.97. The zero-order valence-electron chi connectivity index (χ0n) is 17.9. The second-order valence-electron chi connectivity index (χ2n) is 7.16. The second-order valence-corrected chi connectivity index (χ2v) is 7.16. The number of ether oxygens (including phenoxy) is 3. The first-order valence-corrected chi connectivity index (χ1v) is 9.79. The minimum atomic E-state index is -0.608. The largest absolute Gasteiger partial charge is 0.493 e. The van der Waals surface area contributed by atoms with Crippen LogP contribution in [0.3, 0.4) is 0 Å². The third kappa shape index (κ3) is 5.25. The highest BCUT2D eigenvalue weighted by atomic mass is 16.5. The Morgan fingerprint density at radius 1 is 1.00 bits per heavy atom. The number of carbonyl (C=O) groups is 2. The third-order valence-corrected chi connectivity index (χ3v) is 4.75. The number of nitrogens with one attached hydrogen (secondary N) is 1. The minimum Gasteiger partial charge on any atom is -0.493 e. The minimum absolute atomic E-state index is 0.0944. The maximum Gasteiger partial charge on any atom is 0.340 e. The Morgan fingerprint density at radius 3 is 2.26 bits per heavy atom. The highest BCUT2D eigenvalue weighted by Crippen LogP contribution is 2.34. The number of anilines is 1. The number of rotatable bonds is 8. The molecule has 0 saturated carbocycles. The van der Waals surface area contributed by atoms with Crippen LogP contribution in [0.15, 0.2) is 59.2 Å². The number of hydrogen-bond acceptors (Lipinski definition) is 6. The van der Waals surface area contributed by atoms with E-state index in [1.54, 1.807) is 6.07 Å². The Kier molecular flexibility index (Phi) is 6.97. The van der Waals surface area contributed by atoms with Crippen molar-refractivity contribution in [3.05, 3.63) is 77.2 Å². The first-order chi connectivity index (χ1) is 14.9. The number of amides is 1. The molecule has 7 nitrogen and oxygen atoms in total. The number of methoxy groups -OCH3 is 2. The number of benzene rings is 2.